The Kier molecular flexibility index (Phi) is 8.04. The van der Waals surface area contributed by atoms with E-state index in [9.17, 15) is 26.4 Å². The maximum atomic E-state index is 14.9. The number of fused-ring (bicyclic) bond motifs is 1. The number of alkyl halides is 2. The molecule has 0 spiro atoms. The second-order valence-corrected chi connectivity index (χ2v) is 13.0. The van der Waals surface area contributed by atoms with Crippen LogP contribution in [0.25, 0.3) is 44.4 Å². The van der Waals surface area contributed by atoms with Gasteiger partial charge in [-0.2, -0.15) is 0 Å². The maximum absolute atomic E-state index is 14.9. The summed E-state index contributed by atoms with van der Waals surface area (Å²) in [6, 6.07) is 20.1. The molecule has 0 saturated heterocycles. The second-order valence-electron chi connectivity index (χ2n) is 10.8. The topological polar surface area (TPSA) is 81.9 Å². The van der Waals surface area contributed by atoms with Gasteiger partial charge in [-0.15, -0.1) is 0 Å². The summed E-state index contributed by atoms with van der Waals surface area (Å²) in [5, 5.41) is 0.612. The number of ketones is 1. The third kappa shape index (κ3) is 5.37. The number of nitrogens with zero attached hydrogens (tertiary/aromatic N) is 3. The van der Waals surface area contributed by atoms with Crippen LogP contribution in [0.1, 0.15) is 40.7 Å². The molecule has 2 heterocycles. The van der Waals surface area contributed by atoms with Crippen LogP contribution in [0.2, 0.25) is 5.02 Å². The number of benzene rings is 4. The van der Waals surface area contributed by atoms with Gasteiger partial charge in [0.2, 0.25) is 0 Å². The Morgan fingerprint density at radius 3 is 2.15 bits per heavy atom. The number of carbonyl (C=O) groups is 1. The molecule has 0 unspecified atom stereocenters. The fraction of sp³-hybridized carbons (Fsp3) is 0.114. The molecule has 0 aliphatic heterocycles. The van der Waals surface area contributed by atoms with Crippen molar-refractivity contribution >= 4 is 38.3 Å². The molecular formula is C35H25ClF3N3O3S. The molecule has 0 N–H and O–H groups in total. The molecule has 4 aromatic carbocycles. The Labute approximate surface area is 268 Å². The van der Waals surface area contributed by atoms with Crippen molar-refractivity contribution in [3.63, 3.8) is 0 Å². The van der Waals surface area contributed by atoms with Crippen molar-refractivity contribution in [1.29, 1.82) is 0 Å². The third-order valence-electron chi connectivity index (χ3n) is 7.86. The number of Topliss-reactive ketones (excluding diaryl/α,β-unsaturated/α-hetero) is 1. The zero-order chi connectivity index (χ0) is 32.9. The summed E-state index contributed by atoms with van der Waals surface area (Å²) >= 11 is 6.61. The van der Waals surface area contributed by atoms with Gasteiger partial charge in [-0.1, -0.05) is 54.1 Å². The molecule has 0 aliphatic rings. The highest BCUT2D eigenvalue weighted by molar-refractivity contribution is 7.90. The summed E-state index contributed by atoms with van der Waals surface area (Å²) in [6.07, 6.45) is -1.39. The molecule has 6 rings (SSSR count). The van der Waals surface area contributed by atoms with Gasteiger partial charge in [0.15, 0.2) is 5.78 Å². The van der Waals surface area contributed by atoms with E-state index in [0.29, 0.717) is 49.8 Å². The molecule has 0 radical (unpaired) electrons. The highest BCUT2D eigenvalue weighted by Gasteiger charge is 2.31. The van der Waals surface area contributed by atoms with Crippen molar-refractivity contribution in [3.8, 4) is 33.5 Å². The predicted octanol–water partition coefficient (Wildman–Crippen LogP) is 9.22. The van der Waals surface area contributed by atoms with Gasteiger partial charge >= 0.3 is 0 Å². The van der Waals surface area contributed by atoms with Gasteiger partial charge in [-0.25, -0.2) is 35.5 Å². The van der Waals surface area contributed by atoms with E-state index >= 15 is 0 Å². The molecular weight excluding hydrogens is 635 g/mol. The molecule has 6 nitrogen and oxygen atoms in total. The van der Waals surface area contributed by atoms with Gasteiger partial charge < -0.3 is 0 Å². The number of halogens is 4. The average molecular weight is 660 g/mol. The zero-order valence-electron chi connectivity index (χ0n) is 24.7. The fourth-order valence-electron chi connectivity index (χ4n) is 5.65. The molecule has 0 aliphatic carbocycles. The lowest BCUT2D eigenvalue weighted by molar-refractivity contribution is 0.101. The average Bonchev–Trinajstić information content (AvgIpc) is 3.35. The van der Waals surface area contributed by atoms with Crippen LogP contribution in [0.4, 0.5) is 13.2 Å². The first-order valence-electron chi connectivity index (χ1n) is 14.1. The largest absolute Gasteiger partial charge is 0.295 e. The SMILES string of the molecule is CC(=O)c1ccc(-c2cccc(-c3c(-c4c(C)ncnc4C)c4cc(F)ccc4n3S(=O)(=O)c3ccc(C(F)F)cc3)c2)c(Cl)c1. The minimum Gasteiger partial charge on any atom is -0.295 e. The van der Waals surface area contributed by atoms with Crippen LogP contribution in [0.3, 0.4) is 0 Å². The molecule has 0 saturated carbocycles. The molecule has 0 bridgehead atoms. The summed E-state index contributed by atoms with van der Waals surface area (Å²) in [5.74, 6) is -0.736. The van der Waals surface area contributed by atoms with E-state index in [4.69, 9.17) is 11.6 Å². The van der Waals surface area contributed by atoms with Gasteiger partial charge in [0.05, 0.1) is 16.1 Å². The molecule has 6 aromatic rings. The van der Waals surface area contributed by atoms with Crippen molar-refractivity contribution in [2.24, 2.45) is 0 Å². The van der Waals surface area contributed by atoms with Gasteiger partial charge in [-0.3, -0.25) is 4.79 Å². The highest BCUT2D eigenvalue weighted by atomic mass is 35.5. The van der Waals surface area contributed by atoms with E-state index in [2.05, 4.69) is 9.97 Å². The first-order valence-corrected chi connectivity index (χ1v) is 15.9. The van der Waals surface area contributed by atoms with E-state index in [1.165, 1.54) is 25.4 Å². The van der Waals surface area contributed by atoms with Gasteiger partial charge in [0, 0.05) is 55.2 Å². The molecule has 0 atom stereocenters. The standard InChI is InChI=1S/C35H25ClF3N3O3S/c1-19-32(20(2)41-18-40-19)33-29-17-26(37)10-14-31(29)42(46(44,45)27-11-7-22(8-12-27)35(38)39)34(33)25-6-4-5-24(15-25)28-13-9-23(21(3)43)16-30(28)36/h4-18,35H,1-3H3. The molecule has 46 heavy (non-hydrogen) atoms. The summed E-state index contributed by atoms with van der Waals surface area (Å²) in [7, 11) is -4.47. The van der Waals surface area contributed by atoms with E-state index in [-0.39, 0.29) is 32.8 Å². The smallest absolute Gasteiger partial charge is 0.268 e. The number of hydrogen-bond acceptors (Lipinski definition) is 5. The van der Waals surface area contributed by atoms with Gasteiger partial charge in [-0.05, 0) is 68.8 Å². The molecule has 2 aromatic heterocycles. The summed E-state index contributed by atoms with van der Waals surface area (Å²) in [5.41, 5.74) is 4.11. The van der Waals surface area contributed by atoms with Crippen molar-refractivity contribution < 1.29 is 26.4 Å². The Balaban J connectivity index is 1.72. The van der Waals surface area contributed by atoms with Crippen LogP contribution < -0.4 is 0 Å². The monoisotopic (exact) mass is 659 g/mol. The van der Waals surface area contributed by atoms with Crippen molar-refractivity contribution in [1.82, 2.24) is 13.9 Å². The van der Waals surface area contributed by atoms with Crippen LogP contribution in [-0.2, 0) is 10.0 Å². The lowest BCUT2D eigenvalue weighted by Crippen LogP contribution is -2.14. The number of aryl methyl sites for hydroxylation is 2. The lowest BCUT2D eigenvalue weighted by Gasteiger charge is -2.16. The maximum Gasteiger partial charge on any atom is 0.268 e. The molecule has 232 valence electrons. The van der Waals surface area contributed by atoms with Crippen LogP contribution >= 0.6 is 11.6 Å². The van der Waals surface area contributed by atoms with E-state index in [1.54, 1.807) is 56.3 Å². The Morgan fingerprint density at radius 1 is 0.848 bits per heavy atom. The second kappa shape index (κ2) is 11.9. The van der Waals surface area contributed by atoms with E-state index in [0.717, 1.165) is 34.3 Å². The van der Waals surface area contributed by atoms with Gasteiger partial charge in [0.1, 0.15) is 12.1 Å². The minimum absolute atomic E-state index is 0.147. The molecule has 0 amide bonds. The normalized spacial score (nSPS) is 11.8. The Hall–Kier alpha value is -4.80. The predicted molar refractivity (Wildman–Crippen MR) is 172 cm³/mol. The molecule has 11 heteroatoms. The van der Waals surface area contributed by atoms with Gasteiger partial charge in [0.25, 0.3) is 16.4 Å². The summed E-state index contributed by atoms with van der Waals surface area (Å²) in [4.78, 5) is 20.4. The van der Waals surface area contributed by atoms with Crippen LogP contribution in [0.5, 0.6) is 0 Å². The highest BCUT2D eigenvalue weighted by Crippen LogP contribution is 2.45. The number of rotatable bonds is 7. The van der Waals surface area contributed by atoms with E-state index in [1.807, 2.05) is 0 Å². The first kappa shape index (κ1) is 31.2. The zero-order valence-corrected chi connectivity index (χ0v) is 26.3. The Morgan fingerprint density at radius 2 is 1.52 bits per heavy atom. The quantitative estimate of drug-likeness (QED) is 0.160. The number of aromatic nitrogens is 3. The van der Waals surface area contributed by atoms with Crippen molar-refractivity contribution in [2.75, 3.05) is 0 Å². The fourth-order valence-corrected chi connectivity index (χ4v) is 7.48. The van der Waals surface area contributed by atoms with E-state index < -0.39 is 22.3 Å². The minimum atomic E-state index is -4.47. The Bertz CT molecular complexity index is 2260. The number of carbonyl (C=O) groups excluding carboxylic acids is 1. The molecule has 0 fully saturated rings. The third-order valence-corrected chi connectivity index (χ3v) is 9.90. The summed E-state index contributed by atoms with van der Waals surface area (Å²) < 4.78 is 71.8. The lowest BCUT2D eigenvalue weighted by atomic mass is 9.94. The van der Waals surface area contributed by atoms with Crippen LogP contribution in [0.15, 0.2) is 96.2 Å². The van der Waals surface area contributed by atoms with Crippen LogP contribution in [-0.4, -0.2) is 28.1 Å². The summed E-state index contributed by atoms with van der Waals surface area (Å²) in [6.45, 7) is 4.94. The van der Waals surface area contributed by atoms with Crippen molar-refractivity contribution in [2.45, 2.75) is 32.1 Å². The van der Waals surface area contributed by atoms with Crippen LogP contribution in [0, 0.1) is 19.7 Å². The van der Waals surface area contributed by atoms with Crippen molar-refractivity contribution in [3.05, 3.63) is 125 Å². The number of hydrogen-bond donors (Lipinski definition) is 0. The first-order chi connectivity index (χ1) is 21.9.